The molecule has 102 valence electrons. The minimum absolute atomic E-state index is 0.951. The molecule has 0 atom stereocenters. The third kappa shape index (κ3) is 2.18. The van der Waals surface area contributed by atoms with Crippen LogP contribution in [0.4, 0.5) is 5.82 Å². The Balaban J connectivity index is 1.96. The number of rotatable bonds is 2. The fourth-order valence-corrected chi connectivity index (χ4v) is 2.69. The van der Waals surface area contributed by atoms with E-state index >= 15 is 0 Å². The quantitative estimate of drug-likeness (QED) is 0.816. The van der Waals surface area contributed by atoms with Gasteiger partial charge in [0, 0.05) is 26.2 Å². The van der Waals surface area contributed by atoms with E-state index in [2.05, 4.69) is 47.8 Å². The maximum atomic E-state index is 4.78. The molecule has 3 heterocycles. The number of fused-ring (bicyclic) bond motifs is 1. The first-order valence-electron chi connectivity index (χ1n) is 6.98. The summed E-state index contributed by atoms with van der Waals surface area (Å²) in [5, 5.41) is 4.78. The molecule has 2 aromatic heterocycles. The topological polar surface area (TPSA) is 36.7 Å². The Morgan fingerprint density at radius 2 is 1.89 bits per heavy atom. The first kappa shape index (κ1) is 12.4. The molecule has 0 aliphatic carbocycles. The molecule has 0 aromatic carbocycles. The molecule has 5 nitrogen and oxygen atoms in total. The standard InChI is InChI=1S/C14H21N5/c1-4-12-11(2)15-13-5-6-14(16-19(12)13)18-9-7-17(3)8-10-18/h5-6H,4,7-10H2,1-3H3. The maximum absolute atomic E-state index is 4.78. The summed E-state index contributed by atoms with van der Waals surface area (Å²) in [6.45, 7) is 8.50. The van der Waals surface area contributed by atoms with Gasteiger partial charge in [0.05, 0.1) is 11.4 Å². The van der Waals surface area contributed by atoms with Crippen molar-refractivity contribution in [1.29, 1.82) is 0 Å². The van der Waals surface area contributed by atoms with Crippen LogP contribution in [0.25, 0.3) is 5.65 Å². The van der Waals surface area contributed by atoms with Gasteiger partial charge in [0.1, 0.15) is 5.82 Å². The molecule has 1 saturated heterocycles. The Bertz CT molecular complexity index is 581. The van der Waals surface area contributed by atoms with E-state index < -0.39 is 0 Å². The Labute approximate surface area is 113 Å². The number of hydrogen-bond acceptors (Lipinski definition) is 4. The molecule has 0 saturated carbocycles. The summed E-state index contributed by atoms with van der Waals surface area (Å²) < 4.78 is 2.00. The van der Waals surface area contributed by atoms with Crippen LogP contribution in [0.1, 0.15) is 18.3 Å². The molecule has 0 radical (unpaired) electrons. The van der Waals surface area contributed by atoms with Gasteiger partial charge in [-0.15, -0.1) is 5.10 Å². The number of imidazole rings is 1. The molecule has 1 fully saturated rings. The predicted molar refractivity (Wildman–Crippen MR) is 76.8 cm³/mol. The lowest BCUT2D eigenvalue weighted by Crippen LogP contribution is -2.44. The van der Waals surface area contributed by atoms with Crippen molar-refractivity contribution in [3.8, 4) is 0 Å². The van der Waals surface area contributed by atoms with Crippen LogP contribution >= 0.6 is 0 Å². The zero-order valence-corrected chi connectivity index (χ0v) is 11.9. The van der Waals surface area contributed by atoms with Crippen molar-refractivity contribution in [1.82, 2.24) is 19.5 Å². The van der Waals surface area contributed by atoms with Gasteiger partial charge in [-0.05, 0) is 32.5 Å². The third-order valence-electron chi connectivity index (χ3n) is 3.92. The number of nitrogens with zero attached hydrogens (tertiary/aromatic N) is 5. The van der Waals surface area contributed by atoms with Gasteiger partial charge in [-0.25, -0.2) is 9.50 Å². The predicted octanol–water partition coefficient (Wildman–Crippen LogP) is 1.35. The van der Waals surface area contributed by atoms with E-state index in [1.54, 1.807) is 0 Å². The van der Waals surface area contributed by atoms with Crippen LogP contribution in [-0.2, 0) is 6.42 Å². The minimum atomic E-state index is 0.951. The van der Waals surface area contributed by atoms with Crippen molar-refractivity contribution < 1.29 is 0 Å². The van der Waals surface area contributed by atoms with Crippen LogP contribution in [-0.4, -0.2) is 52.7 Å². The molecule has 3 rings (SSSR count). The van der Waals surface area contributed by atoms with E-state index in [1.165, 1.54) is 5.69 Å². The number of likely N-dealkylation sites (N-methyl/N-ethyl adjacent to an activating group) is 1. The molecule has 0 unspecified atom stereocenters. The highest BCUT2D eigenvalue weighted by Crippen LogP contribution is 2.17. The molecule has 19 heavy (non-hydrogen) atoms. The van der Waals surface area contributed by atoms with Gasteiger partial charge in [0.25, 0.3) is 0 Å². The van der Waals surface area contributed by atoms with Crippen LogP contribution in [0.5, 0.6) is 0 Å². The van der Waals surface area contributed by atoms with Gasteiger partial charge in [0.2, 0.25) is 0 Å². The summed E-state index contributed by atoms with van der Waals surface area (Å²) >= 11 is 0. The molecule has 0 N–H and O–H groups in total. The van der Waals surface area contributed by atoms with Gasteiger partial charge in [0.15, 0.2) is 5.65 Å². The lowest BCUT2D eigenvalue weighted by atomic mass is 10.3. The molecular formula is C14H21N5. The Morgan fingerprint density at radius 3 is 2.58 bits per heavy atom. The van der Waals surface area contributed by atoms with Crippen molar-refractivity contribution in [2.24, 2.45) is 0 Å². The number of piperazine rings is 1. The Morgan fingerprint density at radius 1 is 1.16 bits per heavy atom. The van der Waals surface area contributed by atoms with E-state index in [9.17, 15) is 0 Å². The highest BCUT2D eigenvalue weighted by Gasteiger charge is 2.16. The lowest BCUT2D eigenvalue weighted by molar-refractivity contribution is 0.311. The number of anilines is 1. The van der Waals surface area contributed by atoms with E-state index in [0.29, 0.717) is 0 Å². The molecule has 0 amide bonds. The van der Waals surface area contributed by atoms with Gasteiger partial charge in [-0.3, -0.25) is 0 Å². The largest absolute Gasteiger partial charge is 0.353 e. The summed E-state index contributed by atoms with van der Waals surface area (Å²) in [6.07, 6.45) is 0.964. The average Bonchev–Trinajstić information content (AvgIpc) is 2.74. The smallest absolute Gasteiger partial charge is 0.154 e. The van der Waals surface area contributed by atoms with Crippen LogP contribution in [0.2, 0.25) is 0 Å². The molecule has 0 spiro atoms. The normalized spacial score (nSPS) is 17.3. The third-order valence-corrected chi connectivity index (χ3v) is 3.92. The van der Waals surface area contributed by atoms with Gasteiger partial charge in [-0.2, -0.15) is 0 Å². The Kier molecular flexibility index (Phi) is 3.14. The minimum Gasteiger partial charge on any atom is -0.353 e. The van der Waals surface area contributed by atoms with Crippen LogP contribution in [0.3, 0.4) is 0 Å². The van der Waals surface area contributed by atoms with Crippen molar-refractivity contribution in [2.45, 2.75) is 20.3 Å². The number of aromatic nitrogens is 3. The number of aryl methyl sites for hydroxylation is 2. The summed E-state index contributed by atoms with van der Waals surface area (Å²) in [4.78, 5) is 9.27. The molecule has 5 heteroatoms. The van der Waals surface area contributed by atoms with Crippen LogP contribution in [0.15, 0.2) is 12.1 Å². The van der Waals surface area contributed by atoms with Gasteiger partial charge in [-0.1, -0.05) is 6.92 Å². The van der Waals surface area contributed by atoms with Crippen molar-refractivity contribution in [3.63, 3.8) is 0 Å². The summed E-state index contributed by atoms with van der Waals surface area (Å²) in [5.74, 6) is 1.06. The molecule has 1 aliphatic heterocycles. The van der Waals surface area contributed by atoms with Gasteiger partial charge >= 0.3 is 0 Å². The molecule has 1 aliphatic rings. The molecular weight excluding hydrogens is 238 g/mol. The second-order valence-corrected chi connectivity index (χ2v) is 5.25. The maximum Gasteiger partial charge on any atom is 0.154 e. The van der Waals surface area contributed by atoms with E-state index in [0.717, 1.165) is 49.8 Å². The second-order valence-electron chi connectivity index (χ2n) is 5.25. The van der Waals surface area contributed by atoms with E-state index in [-0.39, 0.29) is 0 Å². The molecule has 0 bridgehead atoms. The summed E-state index contributed by atoms with van der Waals surface area (Å²) in [6, 6.07) is 4.17. The fraction of sp³-hybridized carbons (Fsp3) is 0.571. The van der Waals surface area contributed by atoms with E-state index in [1.807, 2.05) is 4.52 Å². The highest BCUT2D eigenvalue weighted by molar-refractivity contribution is 5.48. The van der Waals surface area contributed by atoms with Crippen LogP contribution in [0, 0.1) is 6.92 Å². The second kappa shape index (κ2) is 4.81. The highest BCUT2D eigenvalue weighted by atomic mass is 15.4. The summed E-state index contributed by atoms with van der Waals surface area (Å²) in [5.41, 5.74) is 3.25. The molecule has 2 aromatic rings. The number of hydrogen-bond donors (Lipinski definition) is 0. The first-order chi connectivity index (χ1) is 9.19. The lowest BCUT2D eigenvalue weighted by Gasteiger charge is -2.33. The monoisotopic (exact) mass is 259 g/mol. The Hall–Kier alpha value is -1.62. The van der Waals surface area contributed by atoms with Gasteiger partial charge < -0.3 is 9.80 Å². The SMILES string of the molecule is CCc1c(C)nc2ccc(N3CCN(C)CC3)nn12. The van der Waals surface area contributed by atoms with Crippen molar-refractivity contribution >= 4 is 11.5 Å². The van der Waals surface area contributed by atoms with Crippen LogP contribution < -0.4 is 4.90 Å². The van der Waals surface area contributed by atoms with E-state index in [4.69, 9.17) is 5.10 Å². The van der Waals surface area contributed by atoms with Crippen molar-refractivity contribution in [2.75, 3.05) is 38.1 Å². The van der Waals surface area contributed by atoms with Crippen molar-refractivity contribution in [3.05, 3.63) is 23.5 Å². The fourth-order valence-electron chi connectivity index (χ4n) is 2.69. The summed E-state index contributed by atoms with van der Waals surface area (Å²) in [7, 11) is 2.17. The first-order valence-corrected chi connectivity index (χ1v) is 6.98. The zero-order valence-electron chi connectivity index (χ0n) is 11.9. The zero-order chi connectivity index (χ0) is 13.4. The average molecular weight is 259 g/mol.